The smallest absolute Gasteiger partial charge is 0.311 e. The molecule has 1 aliphatic heterocycles. The second-order valence-corrected chi connectivity index (χ2v) is 8.61. The molecule has 2 aromatic heterocycles. The number of nitrogens with one attached hydrogen (secondary N) is 1. The van der Waals surface area contributed by atoms with Gasteiger partial charge in [0.1, 0.15) is 6.04 Å². The molecule has 1 N–H and O–H groups in total. The number of nitrogens with zero attached hydrogens (tertiary/aromatic N) is 4. The van der Waals surface area contributed by atoms with Crippen LogP contribution < -0.4 is 15.8 Å². The summed E-state index contributed by atoms with van der Waals surface area (Å²) in [5.41, 5.74) is 0.0137. The summed E-state index contributed by atoms with van der Waals surface area (Å²) in [7, 11) is 0. The molecular formula is C19H18Cl2FN5O2S. The quantitative estimate of drug-likeness (QED) is 0.618. The Labute approximate surface area is 185 Å². The lowest BCUT2D eigenvalue weighted by molar-refractivity contribution is -0.122. The van der Waals surface area contributed by atoms with Gasteiger partial charge in [-0.3, -0.25) is 9.59 Å². The molecule has 0 aliphatic carbocycles. The van der Waals surface area contributed by atoms with Crippen LogP contribution in [0.15, 0.2) is 23.0 Å². The van der Waals surface area contributed by atoms with Crippen molar-refractivity contribution < 1.29 is 9.18 Å². The monoisotopic (exact) mass is 469 g/mol. The highest BCUT2D eigenvalue weighted by Crippen LogP contribution is 2.30. The zero-order valence-corrected chi connectivity index (χ0v) is 18.3. The number of rotatable bonds is 5. The summed E-state index contributed by atoms with van der Waals surface area (Å²) in [6.07, 6.45) is 1.75. The number of hydrogen-bond acceptors (Lipinski definition) is 6. The van der Waals surface area contributed by atoms with Crippen LogP contribution in [0.25, 0.3) is 4.96 Å². The molecule has 3 heterocycles. The normalized spacial score (nSPS) is 16.4. The Kier molecular flexibility index (Phi) is 5.95. The summed E-state index contributed by atoms with van der Waals surface area (Å²) in [4.78, 5) is 31.4. The molecule has 0 radical (unpaired) electrons. The van der Waals surface area contributed by atoms with Gasteiger partial charge in [-0.25, -0.2) is 4.98 Å². The molecule has 158 valence electrons. The van der Waals surface area contributed by atoms with Gasteiger partial charge < -0.3 is 10.2 Å². The number of carbonyl (C=O) groups is 1. The molecule has 4 rings (SSSR count). The van der Waals surface area contributed by atoms with E-state index in [4.69, 9.17) is 23.2 Å². The molecule has 1 aromatic carbocycles. The van der Waals surface area contributed by atoms with Crippen molar-refractivity contribution in [1.29, 1.82) is 0 Å². The van der Waals surface area contributed by atoms with Crippen molar-refractivity contribution in [3.8, 4) is 0 Å². The highest BCUT2D eigenvalue weighted by atomic mass is 35.5. The Hall–Kier alpha value is -2.23. The van der Waals surface area contributed by atoms with Crippen molar-refractivity contribution in [3.63, 3.8) is 0 Å². The Bertz CT molecular complexity index is 1180. The van der Waals surface area contributed by atoms with Crippen molar-refractivity contribution in [1.82, 2.24) is 19.9 Å². The van der Waals surface area contributed by atoms with Crippen LogP contribution in [0, 0.1) is 5.82 Å². The maximum Gasteiger partial charge on any atom is 0.311 e. The molecule has 0 bridgehead atoms. The van der Waals surface area contributed by atoms with E-state index < -0.39 is 17.4 Å². The number of amides is 1. The predicted molar refractivity (Wildman–Crippen MR) is 115 cm³/mol. The van der Waals surface area contributed by atoms with Gasteiger partial charge in [-0.15, -0.1) is 5.10 Å². The van der Waals surface area contributed by atoms with Crippen LogP contribution in [0.3, 0.4) is 0 Å². The van der Waals surface area contributed by atoms with E-state index in [9.17, 15) is 14.0 Å². The Balaban J connectivity index is 1.56. The average molecular weight is 470 g/mol. The average Bonchev–Trinajstić information content (AvgIpc) is 3.38. The van der Waals surface area contributed by atoms with Gasteiger partial charge in [0.15, 0.2) is 0 Å². The number of halogens is 3. The SMILES string of the molecule is CCc1nc2sc(N3CCC[C@@H]3C(=O)NCc3cccc(Cl)c3Cl)nn2c(=O)c1F. The van der Waals surface area contributed by atoms with Crippen molar-refractivity contribution in [3.05, 3.63) is 55.7 Å². The molecule has 0 unspecified atom stereocenters. The van der Waals surface area contributed by atoms with E-state index in [1.807, 2.05) is 4.90 Å². The van der Waals surface area contributed by atoms with Crippen LogP contribution in [-0.4, -0.2) is 33.1 Å². The summed E-state index contributed by atoms with van der Waals surface area (Å²) in [6, 6.07) is 4.80. The minimum Gasteiger partial charge on any atom is -0.350 e. The molecule has 1 saturated heterocycles. The summed E-state index contributed by atoms with van der Waals surface area (Å²) in [6.45, 7) is 2.58. The fourth-order valence-corrected chi connectivity index (χ4v) is 4.84. The summed E-state index contributed by atoms with van der Waals surface area (Å²) in [5, 5.41) is 8.43. The van der Waals surface area contributed by atoms with Crippen LogP contribution in [0.2, 0.25) is 10.0 Å². The van der Waals surface area contributed by atoms with Crippen LogP contribution in [0.4, 0.5) is 9.52 Å². The number of aromatic nitrogens is 3. The van der Waals surface area contributed by atoms with Crippen molar-refractivity contribution in [2.24, 2.45) is 0 Å². The number of fused-ring (bicyclic) bond motifs is 1. The highest BCUT2D eigenvalue weighted by Gasteiger charge is 2.33. The molecule has 0 spiro atoms. The molecule has 11 heteroatoms. The molecular weight excluding hydrogens is 452 g/mol. The summed E-state index contributed by atoms with van der Waals surface area (Å²) in [5.74, 6) is -1.07. The number of carbonyl (C=O) groups excluding carboxylic acids is 1. The Morgan fingerprint density at radius 1 is 1.40 bits per heavy atom. The minimum absolute atomic E-state index is 0.115. The number of anilines is 1. The first-order valence-electron chi connectivity index (χ1n) is 9.46. The van der Waals surface area contributed by atoms with Crippen molar-refractivity contribution in [2.75, 3.05) is 11.4 Å². The van der Waals surface area contributed by atoms with E-state index in [1.165, 1.54) is 11.3 Å². The fraction of sp³-hybridized carbons (Fsp3) is 0.368. The number of aryl methyl sites for hydroxylation is 1. The van der Waals surface area contributed by atoms with E-state index in [2.05, 4.69) is 15.4 Å². The first-order valence-corrected chi connectivity index (χ1v) is 11.0. The topological polar surface area (TPSA) is 79.6 Å². The van der Waals surface area contributed by atoms with Gasteiger partial charge in [-0.05, 0) is 30.9 Å². The second kappa shape index (κ2) is 8.49. The van der Waals surface area contributed by atoms with Gasteiger partial charge in [0.05, 0.1) is 15.7 Å². The molecule has 1 amide bonds. The van der Waals surface area contributed by atoms with Crippen LogP contribution in [-0.2, 0) is 17.8 Å². The third kappa shape index (κ3) is 3.77. The van der Waals surface area contributed by atoms with Gasteiger partial charge in [0.25, 0.3) is 0 Å². The van der Waals surface area contributed by atoms with Gasteiger partial charge in [-0.1, -0.05) is 53.6 Å². The molecule has 1 aliphatic rings. The van der Waals surface area contributed by atoms with E-state index in [1.54, 1.807) is 25.1 Å². The molecule has 1 fully saturated rings. The lowest BCUT2D eigenvalue weighted by Crippen LogP contribution is -2.43. The molecule has 30 heavy (non-hydrogen) atoms. The predicted octanol–water partition coefficient (Wildman–Crippen LogP) is 3.44. The van der Waals surface area contributed by atoms with E-state index >= 15 is 0 Å². The van der Waals surface area contributed by atoms with Crippen molar-refractivity contribution >= 4 is 50.5 Å². The van der Waals surface area contributed by atoms with E-state index in [0.29, 0.717) is 39.5 Å². The zero-order valence-electron chi connectivity index (χ0n) is 16.0. The molecule has 1 atom stereocenters. The third-order valence-corrected chi connectivity index (χ3v) is 6.84. The van der Waals surface area contributed by atoms with Crippen molar-refractivity contribution in [2.45, 2.75) is 38.8 Å². The van der Waals surface area contributed by atoms with Gasteiger partial charge >= 0.3 is 5.56 Å². The first kappa shape index (κ1) is 21.0. The Morgan fingerprint density at radius 2 is 2.20 bits per heavy atom. The van der Waals surface area contributed by atoms with E-state index in [-0.39, 0.29) is 18.1 Å². The molecule has 3 aromatic rings. The summed E-state index contributed by atoms with van der Waals surface area (Å²) < 4.78 is 15.1. The summed E-state index contributed by atoms with van der Waals surface area (Å²) >= 11 is 13.4. The minimum atomic E-state index is -0.888. The maximum atomic E-state index is 14.1. The van der Waals surface area contributed by atoms with Gasteiger partial charge in [0, 0.05) is 13.1 Å². The first-order chi connectivity index (χ1) is 14.4. The van der Waals surface area contributed by atoms with Gasteiger partial charge in [-0.2, -0.15) is 8.91 Å². The molecule has 7 nitrogen and oxygen atoms in total. The lowest BCUT2D eigenvalue weighted by atomic mass is 10.2. The van der Waals surface area contributed by atoms with Crippen LogP contribution in [0.1, 0.15) is 31.0 Å². The molecule has 0 saturated carbocycles. The maximum absolute atomic E-state index is 14.1. The fourth-order valence-electron chi connectivity index (χ4n) is 3.46. The number of benzene rings is 1. The van der Waals surface area contributed by atoms with Crippen LogP contribution in [0.5, 0.6) is 0 Å². The Morgan fingerprint density at radius 3 is 2.97 bits per heavy atom. The second-order valence-electron chi connectivity index (χ2n) is 6.89. The standard InChI is InChI=1S/C19H18Cl2FN5O2S/c1-2-12-15(22)17(29)27-18(24-12)30-19(25-27)26-8-4-7-13(26)16(28)23-9-10-5-3-6-11(20)14(10)21/h3,5-6,13H,2,4,7-9H2,1H3,(H,23,28)/t13-/m1/s1. The third-order valence-electron chi connectivity index (χ3n) is 5.03. The number of hydrogen-bond donors (Lipinski definition) is 1. The van der Waals surface area contributed by atoms with Crippen LogP contribution >= 0.6 is 34.5 Å². The largest absolute Gasteiger partial charge is 0.350 e. The zero-order chi connectivity index (χ0) is 21.4. The highest BCUT2D eigenvalue weighted by molar-refractivity contribution is 7.20. The lowest BCUT2D eigenvalue weighted by Gasteiger charge is -2.22. The van der Waals surface area contributed by atoms with E-state index in [0.717, 1.165) is 16.5 Å². The van der Waals surface area contributed by atoms with Gasteiger partial charge in [0.2, 0.25) is 21.8 Å².